The second-order valence-electron chi connectivity index (χ2n) is 5.58. The monoisotopic (exact) mass is 265 g/mol. The van der Waals surface area contributed by atoms with Crippen LogP contribution in [0.25, 0.3) is 0 Å². The molecule has 1 saturated carbocycles. The van der Waals surface area contributed by atoms with Gasteiger partial charge in [-0.15, -0.1) is 0 Å². The molecule has 2 nitrogen and oxygen atoms in total. The summed E-state index contributed by atoms with van der Waals surface area (Å²) >= 11 is 0. The van der Waals surface area contributed by atoms with Gasteiger partial charge in [0.2, 0.25) is 0 Å². The summed E-state index contributed by atoms with van der Waals surface area (Å²) in [5.41, 5.74) is 0.750. The highest BCUT2D eigenvalue weighted by Crippen LogP contribution is 2.40. The normalized spacial score (nSPS) is 24.4. The van der Waals surface area contributed by atoms with Crippen LogP contribution in [0.15, 0.2) is 18.2 Å². The number of methoxy groups -OCH3 is 1. The van der Waals surface area contributed by atoms with Crippen molar-refractivity contribution in [1.82, 2.24) is 5.32 Å². The maximum absolute atomic E-state index is 14.4. The van der Waals surface area contributed by atoms with Crippen LogP contribution >= 0.6 is 0 Å². The zero-order valence-corrected chi connectivity index (χ0v) is 12.1. The molecule has 0 heterocycles. The molecule has 0 amide bonds. The number of hydrogen-bond donors (Lipinski definition) is 1. The van der Waals surface area contributed by atoms with Crippen LogP contribution in [-0.4, -0.2) is 13.7 Å². The molecular formula is C16H24FNO. The molecule has 1 aliphatic rings. The lowest BCUT2D eigenvalue weighted by atomic mass is 9.90. The van der Waals surface area contributed by atoms with Crippen LogP contribution in [0.5, 0.6) is 5.75 Å². The molecule has 3 atom stereocenters. The molecule has 2 rings (SSSR count). The molecule has 0 spiro atoms. The van der Waals surface area contributed by atoms with Crippen LogP contribution < -0.4 is 10.1 Å². The Kier molecular flexibility index (Phi) is 4.81. The van der Waals surface area contributed by atoms with Crippen molar-refractivity contribution in [2.45, 2.75) is 39.2 Å². The summed E-state index contributed by atoms with van der Waals surface area (Å²) in [4.78, 5) is 0. The summed E-state index contributed by atoms with van der Waals surface area (Å²) < 4.78 is 19.5. The number of benzene rings is 1. The number of nitrogens with one attached hydrogen (secondary N) is 1. The maximum Gasteiger partial charge on any atom is 0.169 e. The second kappa shape index (κ2) is 6.38. The minimum atomic E-state index is -0.212. The fourth-order valence-corrected chi connectivity index (χ4v) is 3.23. The van der Waals surface area contributed by atoms with Crippen molar-refractivity contribution in [1.29, 1.82) is 0 Å². The van der Waals surface area contributed by atoms with Gasteiger partial charge >= 0.3 is 0 Å². The molecule has 1 aromatic rings. The minimum Gasteiger partial charge on any atom is -0.494 e. The highest BCUT2D eigenvalue weighted by atomic mass is 19.1. The van der Waals surface area contributed by atoms with Gasteiger partial charge in [0, 0.05) is 11.6 Å². The van der Waals surface area contributed by atoms with Crippen LogP contribution in [0.1, 0.15) is 44.7 Å². The van der Waals surface area contributed by atoms with Gasteiger partial charge in [-0.05, 0) is 37.3 Å². The Balaban J connectivity index is 2.28. The minimum absolute atomic E-state index is 0.102. The molecule has 1 aliphatic carbocycles. The summed E-state index contributed by atoms with van der Waals surface area (Å²) in [5, 5.41) is 3.46. The zero-order chi connectivity index (χ0) is 13.8. The van der Waals surface area contributed by atoms with Crippen molar-refractivity contribution in [3.8, 4) is 5.75 Å². The van der Waals surface area contributed by atoms with Crippen molar-refractivity contribution in [2.24, 2.45) is 11.8 Å². The Hall–Kier alpha value is -1.09. The van der Waals surface area contributed by atoms with E-state index >= 15 is 0 Å². The van der Waals surface area contributed by atoms with E-state index in [0.29, 0.717) is 11.7 Å². The van der Waals surface area contributed by atoms with E-state index < -0.39 is 0 Å². The second-order valence-corrected chi connectivity index (χ2v) is 5.58. The lowest BCUT2D eigenvalue weighted by molar-refractivity contribution is 0.341. The highest BCUT2D eigenvalue weighted by molar-refractivity contribution is 5.33. The van der Waals surface area contributed by atoms with Crippen LogP contribution in [0.2, 0.25) is 0 Å². The van der Waals surface area contributed by atoms with Crippen molar-refractivity contribution >= 4 is 0 Å². The molecule has 3 heteroatoms. The zero-order valence-electron chi connectivity index (χ0n) is 12.1. The Morgan fingerprint density at radius 3 is 2.79 bits per heavy atom. The first kappa shape index (κ1) is 14.3. The third kappa shape index (κ3) is 3.08. The lowest BCUT2D eigenvalue weighted by Gasteiger charge is -2.26. The fourth-order valence-electron chi connectivity index (χ4n) is 3.23. The molecule has 106 valence electrons. The van der Waals surface area contributed by atoms with Gasteiger partial charge in [-0.3, -0.25) is 0 Å². The number of hydrogen-bond acceptors (Lipinski definition) is 2. The standard InChI is InChI=1S/C16H24FNO/c1-4-18-16(12-9-8-11(2)10-12)13-6-5-7-14(19-3)15(13)17/h5-7,11-12,16,18H,4,8-10H2,1-3H3. The molecule has 19 heavy (non-hydrogen) atoms. The first-order chi connectivity index (χ1) is 9.17. The summed E-state index contributed by atoms with van der Waals surface area (Å²) in [6.45, 7) is 5.21. The van der Waals surface area contributed by atoms with Gasteiger partial charge in [0.15, 0.2) is 11.6 Å². The number of rotatable bonds is 5. The van der Waals surface area contributed by atoms with Crippen LogP contribution in [-0.2, 0) is 0 Å². The van der Waals surface area contributed by atoms with Gasteiger partial charge < -0.3 is 10.1 Å². The number of ether oxygens (including phenoxy) is 1. The van der Waals surface area contributed by atoms with Crippen molar-refractivity contribution < 1.29 is 9.13 Å². The Morgan fingerprint density at radius 1 is 1.42 bits per heavy atom. The molecule has 3 unspecified atom stereocenters. The summed E-state index contributed by atoms with van der Waals surface area (Å²) in [6.07, 6.45) is 3.60. The van der Waals surface area contributed by atoms with E-state index in [2.05, 4.69) is 19.2 Å². The van der Waals surface area contributed by atoms with Crippen molar-refractivity contribution in [3.63, 3.8) is 0 Å². The van der Waals surface area contributed by atoms with Crippen LogP contribution in [0, 0.1) is 17.7 Å². The fraction of sp³-hybridized carbons (Fsp3) is 0.625. The summed E-state index contributed by atoms with van der Waals surface area (Å²) in [6, 6.07) is 5.54. The highest BCUT2D eigenvalue weighted by Gasteiger charge is 2.31. The molecule has 0 aromatic heterocycles. The van der Waals surface area contributed by atoms with E-state index in [1.165, 1.54) is 26.4 Å². The van der Waals surface area contributed by atoms with Crippen LogP contribution in [0.3, 0.4) is 0 Å². The molecule has 1 fully saturated rings. The van der Waals surface area contributed by atoms with Gasteiger partial charge in [0.05, 0.1) is 7.11 Å². The van der Waals surface area contributed by atoms with E-state index in [4.69, 9.17) is 4.74 Å². The van der Waals surface area contributed by atoms with Crippen molar-refractivity contribution in [2.75, 3.05) is 13.7 Å². The van der Waals surface area contributed by atoms with E-state index in [0.717, 1.165) is 18.0 Å². The van der Waals surface area contributed by atoms with Gasteiger partial charge in [0.25, 0.3) is 0 Å². The Labute approximate surface area is 115 Å². The maximum atomic E-state index is 14.4. The van der Waals surface area contributed by atoms with Gasteiger partial charge in [-0.25, -0.2) is 4.39 Å². The van der Waals surface area contributed by atoms with Crippen molar-refractivity contribution in [3.05, 3.63) is 29.6 Å². The van der Waals surface area contributed by atoms with Gasteiger partial charge in [0.1, 0.15) is 0 Å². The average Bonchev–Trinajstić information content (AvgIpc) is 2.83. The Morgan fingerprint density at radius 2 is 2.21 bits per heavy atom. The molecule has 0 aliphatic heterocycles. The van der Waals surface area contributed by atoms with Gasteiger partial charge in [-0.1, -0.05) is 32.4 Å². The molecule has 0 radical (unpaired) electrons. The third-order valence-electron chi connectivity index (χ3n) is 4.18. The molecule has 1 aromatic carbocycles. The Bertz CT molecular complexity index is 421. The molecular weight excluding hydrogens is 241 g/mol. The summed E-state index contributed by atoms with van der Waals surface area (Å²) in [5.74, 6) is 1.40. The van der Waals surface area contributed by atoms with E-state index in [1.807, 2.05) is 12.1 Å². The molecule has 1 N–H and O–H groups in total. The lowest BCUT2D eigenvalue weighted by Crippen LogP contribution is -2.28. The van der Waals surface area contributed by atoms with E-state index in [-0.39, 0.29) is 11.9 Å². The largest absolute Gasteiger partial charge is 0.494 e. The summed E-state index contributed by atoms with van der Waals surface area (Å²) in [7, 11) is 1.52. The predicted molar refractivity (Wildman–Crippen MR) is 75.9 cm³/mol. The quantitative estimate of drug-likeness (QED) is 0.871. The van der Waals surface area contributed by atoms with E-state index in [9.17, 15) is 4.39 Å². The molecule has 0 bridgehead atoms. The predicted octanol–water partition coefficient (Wildman–Crippen LogP) is 3.92. The van der Waals surface area contributed by atoms with Gasteiger partial charge in [-0.2, -0.15) is 0 Å². The van der Waals surface area contributed by atoms with E-state index in [1.54, 1.807) is 6.07 Å². The SMILES string of the molecule is CCNC(c1cccc(OC)c1F)C1CCC(C)C1. The first-order valence-corrected chi connectivity index (χ1v) is 7.23. The average molecular weight is 265 g/mol. The topological polar surface area (TPSA) is 21.3 Å². The number of halogens is 1. The van der Waals surface area contributed by atoms with Crippen LogP contribution in [0.4, 0.5) is 4.39 Å². The molecule has 0 saturated heterocycles. The first-order valence-electron chi connectivity index (χ1n) is 7.23. The smallest absolute Gasteiger partial charge is 0.169 e. The third-order valence-corrected chi connectivity index (χ3v) is 4.18.